The molecule has 0 aliphatic heterocycles. The van der Waals surface area contributed by atoms with Crippen LogP contribution in [-0.2, 0) is 5.60 Å². The molecule has 2 aromatic carbocycles. The highest BCUT2D eigenvalue weighted by Gasteiger charge is 2.50. The normalized spacial score (nSPS) is 28.6. The van der Waals surface area contributed by atoms with Crippen molar-refractivity contribution in [3.8, 4) is 0 Å². The first-order valence-electron chi connectivity index (χ1n) is 9.83. The molecule has 2 unspecified atom stereocenters. The lowest BCUT2D eigenvalue weighted by atomic mass is 9.87. The quantitative estimate of drug-likeness (QED) is 0.565. The molecule has 5 nitrogen and oxygen atoms in total. The minimum atomic E-state index is -0.912. The highest BCUT2D eigenvalue weighted by Crippen LogP contribution is 2.54. The van der Waals surface area contributed by atoms with Gasteiger partial charge in [-0.3, -0.25) is 9.89 Å². The summed E-state index contributed by atoms with van der Waals surface area (Å²) in [5.74, 6) is 0.638. The van der Waals surface area contributed by atoms with E-state index in [1.54, 1.807) is 30.5 Å². The van der Waals surface area contributed by atoms with Crippen molar-refractivity contribution in [2.24, 2.45) is 11.8 Å². The van der Waals surface area contributed by atoms with Crippen molar-refractivity contribution in [3.63, 3.8) is 0 Å². The highest BCUT2D eigenvalue weighted by molar-refractivity contribution is 6.31. The Balaban J connectivity index is 1.30. The summed E-state index contributed by atoms with van der Waals surface area (Å²) in [4.78, 5) is 12.5. The predicted molar refractivity (Wildman–Crippen MR) is 113 cm³/mol. The van der Waals surface area contributed by atoms with E-state index < -0.39 is 5.60 Å². The summed E-state index contributed by atoms with van der Waals surface area (Å²) >= 11 is 12.3. The van der Waals surface area contributed by atoms with E-state index in [0.29, 0.717) is 40.3 Å². The molecule has 150 valence electrons. The van der Waals surface area contributed by atoms with Crippen LogP contribution < -0.4 is 5.32 Å². The zero-order chi connectivity index (χ0) is 20.2. The van der Waals surface area contributed by atoms with E-state index in [9.17, 15) is 9.90 Å². The van der Waals surface area contributed by atoms with Crippen LogP contribution in [0.4, 0.5) is 0 Å². The van der Waals surface area contributed by atoms with E-state index in [-0.39, 0.29) is 11.9 Å². The summed E-state index contributed by atoms with van der Waals surface area (Å²) in [6.07, 6.45) is 4.83. The fourth-order valence-corrected chi connectivity index (χ4v) is 5.71. The number of fused-ring (bicyclic) bond motifs is 2. The molecule has 4 atom stereocenters. The second-order valence-electron chi connectivity index (χ2n) is 8.40. The summed E-state index contributed by atoms with van der Waals surface area (Å²) in [6.45, 7) is 0. The van der Waals surface area contributed by atoms with Crippen LogP contribution in [0, 0.1) is 11.8 Å². The first-order valence-corrected chi connectivity index (χ1v) is 10.6. The topological polar surface area (TPSA) is 78.0 Å². The number of benzene rings is 2. The molecular weight excluding hydrogens is 409 g/mol. The number of carbonyl (C=O) groups excluding carboxylic acids is 1. The Bertz CT molecular complexity index is 1080. The van der Waals surface area contributed by atoms with Crippen LogP contribution in [0.1, 0.15) is 41.6 Å². The molecule has 2 aliphatic carbocycles. The van der Waals surface area contributed by atoms with Gasteiger partial charge in [0, 0.05) is 27.0 Å². The van der Waals surface area contributed by atoms with Crippen LogP contribution in [0.3, 0.4) is 0 Å². The minimum Gasteiger partial charge on any atom is -0.385 e. The standard InChI is InChI=1S/C22H21Cl2N3O2/c23-15-3-1-2-12(4-15)21(28)26-17-5-13-9-22(29,10-14(13)6-17)19-7-16(24)8-20-18(19)11-25-27-20/h1-4,7-8,11,13-14,17,29H,5-6,9-10H2,(H,25,27)(H,26,28)/t13-,14+,17?,22?. The third-order valence-corrected chi connectivity index (χ3v) is 6.94. The number of amides is 1. The van der Waals surface area contributed by atoms with Gasteiger partial charge in [-0.2, -0.15) is 5.10 Å². The Kier molecular flexibility index (Phi) is 4.57. The maximum Gasteiger partial charge on any atom is 0.251 e. The molecule has 0 radical (unpaired) electrons. The molecule has 2 fully saturated rings. The smallest absolute Gasteiger partial charge is 0.251 e. The molecule has 3 N–H and O–H groups in total. The summed E-state index contributed by atoms with van der Waals surface area (Å²) in [7, 11) is 0. The number of aliphatic hydroxyl groups is 1. The molecule has 29 heavy (non-hydrogen) atoms. The van der Waals surface area contributed by atoms with Gasteiger partial charge in [-0.15, -0.1) is 0 Å². The van der Waals surface area contributed by atoms with Crippen LogP contribution >= 0.6 is 23.2 Å². The van der Waals surface area contributed by atoms with Gasteiger partial charge in [0.1, 0.15) is 0 Å². The monoisotopic (exact) mass is 429 g/mol. The van der Waals surface area contributed by atoms with E-state index in [4.69, 9.17) is 23.2 Å². The number of nitrogens with one attached hydrogen (secondary N) is 2. The molecule has 0 saturated heterocycles. The number of hydrogen-bond donors (Lipinski definition) is 3. The first kappa shape index (κ1) is 18.9. The SMILES string of the molecule is O=C(NC1C[C@@H]2CC(O)(c3cc(Cl)cc4[nH]ncc34)C[C@@H]2C1)c1cccc(Cl)c1. The molecule has 5 rings (SSSR count). The van der Waals surface area contributed by atoms with Gasteiger partial charge < -0.3 is 10.4 Å². The van der Waals surface area contributed by atoms with Gasteiger partial charge in [-0.25, -0.2) is 0 Å². The zero-order valence-corrected chi connectivity index (χ0v) is 17.2. The third-order valence-electron chi connectivity index (χ3n) is 6.49. The Morgan fingerprint density at radius 2 is 1.90 bits per heavy atom. The van der Waals surface area contributed by atoms with Gasteiger partial charge in [0.05, 0.1) is 17.3 Å². The van der Waals surface area contributed by atoms with Gasteiger partial charge in [-0.05, 0) is 73.4 Å². The van der Waals surface area contributed by atoms with Crippen molar-refractivity contribution in [1.82, 2.24) is 15.5 Å². The number of nitrogens with zero attached hydrogens (tertiary/aromatic N) is 1. The predicted octanol–water partition coefficient (Wildman–Crippen LogP) is 4.68. The Morgan fingerprint density at radius 3 is 2.62 bits per heavy atom. The summed E-state index contributed by atoms with van der Waals surface area (Å²) < 4.78 is 0. The maximum atomic E-state index is 12.5. The van der Waals surface area contributed by atoms with Gasteiger partial charge in [-0.1, -0.05) is 29.3 Å². The number of halogens is 2. The van der Waals surface area contributed by atoms with E-state index in [0.717, 1.165) is 29.3 Å². The second kappa shape index (κ2) is 7.01. The van der Waals surface area contributed by atoms with Gasteiger partial charge in [0.15, 0.2) is 0 Å². The molecule has 0 bridgehead atoms. The van der Waals surface area contributed by atoms with Crippen LogP contribution in [0.15, 0.2) is 42.6 Å². The van der Waals surface area contributed by atoms with Gasteiger partial charge in [0.25, 0.3) is 5.91 Å². The average Bonchev–Trinajstić information content (AvgIpc) is 3.34. The minimum absolute atomic E-state index is 0.0947. The number of aromatic nitrogens is 2. The van der Waals surface area contributed by atoms with E-state index in [1.807, 2.05) is 12.1 Å². The zero-order valence-electron chi connectivity index (χ0n) is 15.7. The van der Waals surface area contributed by atoms with Crippen LogP contribution in [0.25, 0.3) is 10.9 Å². The highest BCUT2D eigenvalue weighted by atomic mass is 35.5. The van der Waals surface area contributed by atoms with Crippen molar-refractivity contribution < 1.29 is 9.90 Å². The molecule has 0 spiro atoms. The summed E-state index contributed by atoms with van der Waals surface area (Å²) in [5.41, 5.74) is 1.35. The lowest BCUT2D eigenvalue weighted by Gasteiger charge is -2.26. The number of H-pyrrole nitrogens is 1. The number of rotatable bonds is 3. The van der Waals surface area contributed by atoms with Crippen LogP contribution in [0.5, 0.6) is 0 Å². The van der Waals surface area contributed by atoms with Crippen molar-refractivity contribution in [2.75, 3.05) is 0 Å². The molecular formula is C22H21Cl2N3O2. The lowest BCUT2D eigenvalue weighted by molar-refractivity contribution is 0.0357. The van der Waals surface area contributed by atoms with E-state index in [2.05, 4.69) is 15.5 Å². The number of carbonyl (C=O) groups is 1. The average molecular weight is 430 g/mol. The fraction of sp³-hybridized carbons (Fsp3) is 0.364. The largest absolute Gasteiger partial charge is 0.385 e. The molecule has 2 saturated carbocycles. The number of hydrogen-bond acceptors (Lipinski definition) is 3. The molecule has 2 aliphatic rings. The van der Waals surface area contributed by atoms with Gasteiger partial charge in [0.2, 0.25) is 0 Å². The third kappa shape index (κ3) is 3.41. The van der Waals surface area contributed by atoms with E-state index >= 15 is 0 Å². The first-order chi connectivity index (χ1) is 13.9. The molecule has 3 aromatic rings. The Labute approximate surface area is 178 Å². The maximum absolute atomic E-state index is 12.5. The summed E-state index contributed by atoms with van der Waals surface area (Å²) in [6, 6.07) is 10.8. The fourth-order valence-electron chi connectivity index (χ4n) is 5.30. The molecule has 1 aromatic heterocycles. The number of aromatic amines is 1. The Morgan fingerprint density at radius 1 is 1.14 bits per heavy atom. The van der Waals surface area contributed by atoms with Crippen molar-refractivity contribution >= 4 is 40.0 Å². The lowest BCUT2D eigenvalue weighted by Crippen LogP contribution is -2.34. The molecule has 1 amide bonds. The van der Waals surface area contributed by atoms with Gasteiger partial charge >= 0.3 is 0 Å². The summed E-state index contributed by atoms with van der Waals surface area (Å²) in [5, 5.41) is 23.7. The van der Waals surface area contributed by atoms with Crippen molar-refractivity contribution in [3.05, 3.63) is 63.8 Å². The molecule has 7 heteroatoms. The second-order valence-corrected chi connectivity index (χ2v) is 9.27. The van der Waals surface area contributed by atoms with Crippen LogP contribution in [0.2, 0.25) is 10.0 Å². The van der Waals surface area contributed by atoms with Crippen molar-refractivity contribution in [1.29, 1.82) is 0 Å². The van der Waals surface area contributed by atoms with E-state index in [1.165, 1.54) is 0 Å². The van der Waals surface area contributed by atoms with Crippen LogP contribution in [-0.4, -0.2) is 27.3 Å². The van der Waals surface area contributed by atoms with Crippen molar-refractivity contribution in [2.45, 2.75) is 37.3 Å². The Hall–Kier alpha value is -2.08. The molecule has 1 heterocycles.